The number of rotatable bonds is 2. The molecule has 0 atom stereocenters. The van der Waals surface area contributed by atoms with Crippen LogP contribution in [0.15, 0.2) is 24.4 Å². The van der Waals surface area contributed by atoms with Crippen LogP contribution in [0.5, 0.6) is 0 Å². The summed E-state index contributed by atoms with van der Waals surface area (Å²) < 4.78 is 1.91. The van der Waals surface area contributed by atoms with E-state index < -0.39 is 0 Å². The van der Waals surface area contributed by atoms with Gasteiger partial charge in [-0.2, -0.15) is 0 Å². The summed E-state index contributed by atoms with van der Waals surface area (Å²) in [7, 11) is 0. The molecule has 2 aromatic heterocycles. The maximum atomic E-state index is 11.7. The number of carbonyl (C=O) groups excluding carboxylic acids is 1. The second-order valence-electron chi connectivity index (χ2n) is 4.15. The van der Waals surface area contributed by atoms with Crippen LogP contribution >= 0.6 is 0 Å². The first kappa shape index (κ1) is 10.7. The number of aryl methyl sites for hydroxylation is 1. The first-order valence-corrected chi connectivity index (χ1v) is 5.33. The van der Waals surface area contributed by atoms with Gasteiger partial charge in [0.25, 0.3) is 5.91 Å². The van der Waals surface area contributed by atoms with Crippen molar-refractivity contribution in [3.8, 4) is 0 Å². The molecule has 1 amide bonds. The number of hydrogen-bond acceptors (Lipinski definition) is 2. The zero-order valence-corrected chi connectivity index (χ0v) is 9.69. The highest BCUT2D eigenvalue weighted by molar-refractivity contribution is 5.93. The SMILES string of the molecule is Cc1cccc2nc(C(=O)NC(C)C)cn12. The van der Waals surface area contributed by atoms with E-state index in [4.69, 9.17) is 0 Å². The summed E-state index contributed by atoms with van der Waals surface area (Å²) in [6.45, 7) is 5.84. The van der Waals surface area contributed by atoms with Crippen LogP contribution in [0.2, 0.25) is 0 Å². The molecule has 0 aliphatic rings. The number of hydrogen-bond donors (Lipinski definition) is 1. The lowest BCUT2D eigenvalue weighted by molar-refractivity contribution is 0.0938. The van der Waals surface area contributed by atoms with Crippen LogP contribution in [-0.4, -0.2) is 21.3 Å². The topological polar surface area (TPSA) is 46.4 Å². The Balaban J connectivity index is 2.40. The van der Waals surface area contributed by atoms with Crippen molar-refractivity contribution < 1.29 is 4.79 Å². The fourth-order valence-corrected chi connectivity index (χ4v) is 1.59. The molecule has 0 aliphatic heterocycles. The number of nitrogens with one attached hydrogen (secondary N) is 1. The number of imidazole rings is 1. The van der Waals surface area contributed by atoms with Gasteiger partial charge in [-0.05, 0) is 32.9 Å². The lowest BCUT2D eigenvalue weighted by atomic mass is 10.3. The van der Waals surface area contributed by atoms with Crippen molar-refractivity contribution in [3.63, 3.8) is 0 Å². The first-order valence-electron chi connectivity index (χ1n) is 5.33. The van der Waals surface area contributed by atoms with Crippen molar-refractivity contribution >= 4 is 11.6 Å². The van der Waals surface area contributed by atoms with E-state index in [0.717, 1.165) is 11.3 Å². The van der Waals surface area contributed by atoms with Gasteiger partial charge in [0.2, 0.25) is 0 Å². The molecule has 1 N–H and O–H groups in total. The van der Waals surface area contributed by atoms with Gasteiger partial charge in [0.05, 0.1) is 0 Å². The minimum Gasteiger partial charge on any atom is -0.348 e. The van der Waals surface area contributed by atoms with Gasteiger partial charge in [-0.1, -0.05) is 6.07 Å². The summed E-state index contributed by atoms with van der Waals surface area (Å²) in [5.74, 6) is -0.127. The molecular formula is C12H15N3O. The van der Waals surface area contributed by atoms with Crippen molar-refractivity contribution in [1.29, 1.82) is 0 Å². The molecular weight excluding hydrogens is 202 g/mol. The smallest absolute Gasteiger partial charge is 0.271 e. The molecule has 0 fully saturated rings. The third-order valence-corrected chi connectivity index (χ3v) is 2.35. The minimum absolute atomic E-state index is 0.124. The summed E-state index contributed by atoms with van der Waals surface area (Å²) in [6.07, 6.45) is 1.77. The number of carbonyl (C=O) groups is 1. The monoisotopic (exact) mass is 217 g/mol. The Morgan fingerprint density at radius 2 is 2.19 bits per heavy atom. The molecule has 4 heteroatoms. The molecule has 2 rings (SSSR count). The Bertz CT molecular complexity index is 528. The highest BCUT2D eigenvalue weighted by atomic mass is 16.1. The third kappa shape index (κ3) is 1.91. The molecule has 84 valence electrons. The van der Waals surface area contributed by atoms with Crippen LogP contribution in [0.4, 0.5) is 0 Å². The minimum atomic E-state index is -0.127. The maximum Gasteiger partial charge on any atom is 0.271 e. The van der Waals surface area contributed by atoms with Gasteiger partial charge >= 0.3 is 0 Å². The lowest BCUT2D eigenvalue weighted by Crippen LogP contribution is -2.30. The second kappa shape index (κ2) is 3.96. The average molecular weight is 217 g/mol. The Hall–Kier alpha value is -1.84. The summed E-state index contributed by atoms with van der Waals surface area (Å²) >= 11 is 0. The quantitative estimate of drug-likeness (QED) is 0.833. The lowest BCUT2D eigenvalue weighted by Gasteiger charge is -2.04. The normalized spacial score (nSPS) is 11.0. The number of aromatic nitrogens is 2. The van der Waals surface area contributed by atoms with E-state index in [1.807, 2.05) is 43.4 Å². The van der Waals surface area contributed by atoms with Gasteiger partial charge in [-0.15, -0.1) is 0 Å². The summed E-state index contributed by atoms with van der Waals surface area (Å²) in [4.78, 5) is 16.0. The highest BCUT2D eigenvalue weighted by Crippen LogP contribution is 2.08. The molecule has 0 unspecified atom stereocenters. The van der Waals surface area contributed by atoms with Crippen molar-refractivity contribution in [2.45, 2.75) is 26.8 Å². The predicted octanol–water partition coefficient (Wildman–Crippen LogP) is 1.78. The van der Waals surface area contributed by atoms with Gasteiger partial charge in [0, 0.05) is 17.9 Å². The van der Waals surface area contributed by atoms with Gasteiger partial charge < -0.3 is 9.72 Å². The van der Waals surface area contributed by atoms with E-state index in [-0.39, 0.29) is 11.9 Å². The molecule has 4 nitrogen and oxygen atoms in total. The average Bonchev–Trinajstić information content (AvgIpc) is 2.61. The molecule has 2 aromatic rings. The largest absolute Gasteiger partial charge is 0.348 e. The van der Waals surface area contributed by atoms with Crippen LogP contribution in [0.25, 0.3) is 5.65 Å². The Morgan fingerprint density at radius 3 is 2.81 bits per heavy atom. The number of fused-ring (bicyclic) bond motifs is 1. The highest BCUT2D eigenvalue weighted by Gasteiger charge is 2.11. The fraction of sp³-hybridized carbons (Fsp3) is 0.333. The fourth-order valence-electron chi connectivity index (χ4n) is 1.59. The zero-order valence-electron chi connectivity index (χ0n) is 9.69. The molecule has 0 bridgehead atoms. The maximum absolute atomic E-state index is 11.7. The Kier molecular flexibility index (Phi) is 2.64. The van der Waals surface area contributed by atoms with Gasteiger partial charge in [0.15, 0.2) is 0 Å². The van der Waals surface area contributed by atoms with Crippen molar-refractivity contribution in [1.82, 2.24) is 14.7 Å². The Labute approximate surface area is 94.3 Å². The van der Waals surface area contributed by atoms with E-state index in [9.17, 15) is 4.79 Å². The molecule has 0 aromatic carbocycles. The summed E-state index contributed by atoms with van der Waals surface area (Å²) in [5, 5.41) is 2.82. The third-order valence-electron chi connectivity index (χ3n) is 2.35. The Morgan fingerprint density at radius 1 is 1.44 bits per heavy atom. The van der Waals surface area contributed by atoms with Crippen molar-refractivity contribution in [2.24, 2.45) is 0 Å². The van der Waals surface area contributed by atoms with Crippen LogP contribution in [0, 0.1) is 6.92 Å². The summed E-state index contributed by atoms with van der Waals surface area (Å²) in [5.41, 5.74) is 2.32. The molecule has 16 heavy (non-hydrogen) atoms. The molecule has 2 heterocycles. The zero-order chi connectivity index (χ0) is 11.7. The van der Waals surface area contributed by atoms with E-state index in [1.165, 1.54) is 0 Å². The molecule has 0 radical (unpaired) electrons. The molecule has 0 saturated carbocycles. The first-order chi connectivity index (χ1) is 7.58. The van der Waals surface area contributed by atoms with E-state index in [2.05, 4.69) is 10.3 Å². The molecule has 0 spiro atoms. The van der Waals surface area contributed by atoms with Crippen molar-refractivity contribution in [3.05, 3.63) is 35.8 Å². The molecule has 0 aliphatic carbocycles. The second-order valence-corrected chi connectivity index (χ2v) is 4.15. The van der Waals surface area contributed by atoms with Crippen LogP contribution in [0.1, 0.15) is 30.0 Å². The number of nitrogens with zero attached hydrogens (tertiary/aromatic N) is 2. The van der Waals surface area contributed by atoms with Gasteiger partial charge in [-0.25, -0.2) is 4.98 Å². The number of pyridine rings is 1. The van der Waals surface area contributed by atoms with E-state index in [0.29, 0.717) is 5.69 Å². The van der Waals surface area contributed by atoms with Crippen LogP contribution in [0.3, 0.4) is 0 Å². The van der Waals surface area contributed by atoms with Crippen LogP contribution < -0.4 is 5.32 Å². The van der Waals surface area contributed by atoms with Crippen LogP contribution in [-0.2, 0) is 0 Å². The van der Waals surface area contributed by atoms with E-state index in [1.54, 1.807) is 6.20 Å². The van der Waals surface area contributed by atoms with Gasteiger partial charge in [-0.3, -0.25) is 4.79 Å². The van der Waals surface area contributed by atoms with E-state index >= 15 is 0 Å². The molecule has 0 saturated heterocycles. The number of amides is 1. The van der Waals surface area contributed by atoms with Gasteiger partial charge in [0.1, 0.15) is 11.3 Å². The standard InChI is InChI=1S/C12H15N3O/c1-8(2)13-12(16)10-7-15-9(3)5-4-6-11(15)14-10/h4-8H,1-3H3,(H,13,16). The van der Waals surface area contributed by atoms with Crippen molar-refractivity contribution in [2.75, 3.05) is 0 Å². The predicted molar refractivity (Wildman–Crippen MR) is 62.5 cm³/mol. The summed E-state index contributed by atoms with van der Waals surface area (Å²) in [6, 6.07) is 5.93.